The first-order valence-electron chi connectivity index (χ1n) is 6.59. The van der Waals surface area contributed by atoms with Gasteiger partial charge in [0.25, 0.3) is 5.89 Å². The number of aromatic nitrogens is 2. The summed E-state index contributed by atoms with van der Waals surface area (Å²) in [6, 6.07) is 0. The summed E-state index contributed by atoms with van der Waals surface area (Å²) in [5.41, 5.74) is 0. The molecule has 1 saturated heterocycles. The van der Waals surface area contributed by atoms with Crippen LogP contribution in [0.1, 0.15) is 55.8 Å². The Kier molecular flexibility index (Phi) is 4.97. The van der Waals surface area contributed by atoms with Crippen molar-refractivity contribution in [2.45, 2.75) is 44.1 Å². The summed E-state index contributed by atoms with van der Waals surface area (Å²) in [6.45, 7) is 2.39. The van der Waals surface area contributed by atoms with Crippen molar-refractivity contribution in [2.75, 3.05) is 19.7 Å². The molecular formula is C12H20ClN3O2. The number of rotatable bonds is 2. The summed E-state index contributed by atoms with van der Waals surface area (Å²) in [6.07, 6.45) is 6.25. The van der Waals surface area contributed by atoms with E-state index in [1.807, 2.05) is 0 Å². The summed E-state index contributed by atoms with van der Waals surface area (Å²) < 4.78 is 10.9. The van der Waals surface area contributed by atoms with Gasteiger partial charge in [-0.2, -0.15) is 4.98 Å². The highest BCUT2D eigenvalue weighted by molar-refractivity contribution is 5.85. The number of nitrogens with one attached hydrogen (secondary N) is 1. The van der Waals surface area contributed by atoms with Gasteiger partial charge in [-0.1, -0.05) is 24.4 Å². The topological polar surface area (TPSA) is 60.2 Å². The van der Waals surface area contributed by atoms with E-state index < -0.39 is 0 Å². The van der Waals surface area contributed by atoms with E-state index in [2.05, 4.69) is 15.5 Å². The van der Waals surface area contributed by atoms with Gasteiger partial charge in [-0.05, 0) is 12.8 Å². The molecule has 1 N–H and O–H groups in total. The van der Waals surface area contributed by atoms with Gasteiger partial charge in [0.2, 0.25) is 0 Å². The lowest BCUT2D eigenvalue weighted by molar-refractivity contribution is 0.00755. The lowest BCUT2D eigenvalue weighted by atomic mass is 9.89. The maximum atomic E-state index is 5.61. The van der Waals surface area contributed by atoms with E-state index in [-0.39, 0.29) is 18.5 Å². The van der Waals surface area contributed by atoms with Crippen LogP contribution in [0.4, 0.5) is 0 Å². The molecule has 2 fully saturated rings. The third-order valence-electron chi connectivity index (χ3n) is 3.63. The van der Waals surface area contributed by atoms with E-state index in [0.29, 0.717) is 18.4 Å². The van der Waals surface area contributed by atoms with Gasteiger partial charge >= 0.3 is 0 Å². The summed E-state index contributed by atoms with van der Waals surface area (Å²) in [5, 5.41) is 7.39. The van der Waals surface area contributed by atoms with Crippen LogP contribution in [0.5, 0.6) is 0 Å². The normalized spacial score (nSPS) is 25.7. The number of halogens is 1. The van der Waals surface area contributed by atoms with Gasteiger partial charge in [0.15, 0.2) is 5.82 Å². The molecule has 0 bridgehead atoms. The zero-order chi connectivity index (χ0) is 11.5. The number of ether oxygens (including phenoxy) is 1. The summed E-state index contributed by atoms with van der Waals surface area (Å²) >= 11 is 0. The van der Waals surface area contributed by atoms with E-state index in [9.17, 15) is 0 Å². The number of hydrogen-bond donors (Lipinski definition) is 1. The zero-order valence-electron chi connectivity index (χ0n) is 10.4. The third kappa shape index (κ3) is 3.02. The molecule has 1 atom stereocenters. The van der Waals surface area contributed by atoms with Gasteiger partial charge in [0.1, 0.15) is 6.10 Å². The van der Waals surface area contributed by atoms with Crippen molar-refractivity contribution in [3.8, 4) is 0 Å². The fraction of sp³-hybridized carbons (Fsp3) is 0.833. The molecule has 3 rings (SSSR count). The minimum atomic E-state index is -0.0615. The molecule has 1 aliphatic carbocycles. The second-order valence-corrected chi connectivity index (χ2v) is 4.89. The standard InChI is InChI=1S/C12H19N3O2.ClH/c1-2-4-9(5-3-1)11-14-12(17-15-11)10-8-13-6-7-16-10;/h9-10,13H,1-8H2;1H. The van der Waals surface area contributed by atoms with Gasteiger partial charge in [-0.25, -0.2) is 0 Å². The molecular weight excluding hydrogens is 254 g/mol. The van der Waals surface area contributed by atoms with Crippen molar-refractivity contribution >= 4 is 12.4 Å². The molecule has 0 radical (unpaired) electrons. The average molecular weight is 274 g/mol. The Hall–Kier alpha value is -0.650. The van der Waals surface area contributed by atoms with Gasteiger partial charge in [0.05, 0.1) is 6.61 Å². The first kappa shape index (κ1) is 13.8. The molecule has 0 spiro atoms. The monoisotopic (exact) mass is 273 g/mol. The highest BCUT2D eigenvalue weighted by atomic mass is 35.5. The molecule has 0 amide bonds. The van der Waals surface area contributed by atoms with Crippen LogP contribution in [0.25, 0.3) is 0 Å². The van der Waals surface area contributed by atoms with Crippen molar-refractivity contribution in [2.24, 2.45) is 0 Å². The van der Waals surface area contributed by atoms with Crippen LogP contribution in [-0.2, 0) is 4.74 Å². The molecule has 2 heterocycles. The number of hydrogen-bond acceptors (Lipinski definition) is 5. The average Bonchev–Trinajstić information content (AvgIpc) is 2.90. The SMILES string of the molecule is C1CCC(c2noc(C3CNCCO3)n2)CC1.Cl. The molecule has 2 aliphatic rings. The molecule has 0 aromatic carbocycles. The zero-order valence-corrected chi connectivity index (χ0v) is 11.2. The Balaban J connectivity index is 0.00000120. The van der Waals surface area contributed by atoms with Crippen LogP contribution < -0.4 is 5.32 Å². The van der Waals surface area contributed by atoms with E-state index in [0.717, 1.165) is 18.9 Å². The second-order valence-electron chi connectivity index (χ2n) is 4.89. The Morgan fingerprint density at radius 2 is 2.00 bits per heavy atom. The molecule has 1 aromatic heterocycles. The van der Waals surface area contributed by atoms with Gasteiger partial charge in [-0.15, -0.1) is 12.4 Å². The van der Waals surface area contributed by atoms with Crippen molar-refractivity contribution in [3.05, 3.63) is 11.7 Å². The molecule has 6 heteroatoms. The van der Waals surface area contributed by atoms with E-state index in [1.165, 1.54) is 32.1 Å². The first-order chi connectivity index (χ1) is 8.43. The van der Waals surface area contributed by atoms with Crippen LogP contribution >= 0.6 is 12.4 Å². The van der Waals surface area contributed by atoms with E-state index in [4.69, 9.17) is 9.26 Å². The molecule has 1 aliphatic heterocycles. The van der Waals surface area contributed by atoms with Crippen molar-refractivity contribution in [1.29, 1.82) is 0 Å². The largest absolute Gasteiger partial charge is 0.366 e. The number of nitrogens with zero attached hydrogens (tertiary/aromatic N) is 2. The Bertz CT molecular complexity index is 327. The molecule has 5 nitrogen and oxygen atoms in total. The predicted octanol–water partition coefficient (Wildman–Crippen LogP) is 2.20. The van der Waals surface area contributed by atoms with E-state index >= 15 is 0 Å². The summed E-state index contributed by atoms with van der Waals surface area (Å²) in [5.74, 6) is 2.02. The Labute approximate surface area is 113 Å². The lowest BCUT2D eigenvalue weighted by Crippen LogP contribution is -2.33. The summed E-state index contributed by atoms with van der Waals surface area (Å²) in [4.78, 5) is 4.51. The van der Waals surface area contributed by atoms with Crippen LogP contribution in [-0.4, -0.2) is 29.8 Å². The molecule has 1 aromatic rings. The van der Waals surface area contributed by atoms with Crippen LogP contribution in [0.2, 0.25) is 0 Å². The molecule has 102 valence electrons. The predicted molar refractivity (Wildman–Crippen MR) is 68.9 cm³/mol. The van der Waals surface area contributed by atoms with Crippen molar-refractivity contribution < 1.29 is 9.26 Å². The molecule has 1 saturated carbocycles. The lowest BCUT2D eigenvalue weighted by Gasteiger charge is -2.20. The highest BCUT2D eigenvalue weighted by Gasteiger charge is 2.25. The van der Waals surface area contributed by atoms with Gasteiger partial charge in [-0.3, -0.25) is 0 Å². The quantitative estimate of drug-likeness (QED) is 0.895. The van der Waals surface area contributed by atoms with Gasteiger partial charge < -0.3 is 14.6 Å². The second kappa shape index (κ2) is 6.50. The fourth-order valence-corrected chi connectivity index (χ4v) is 2.63. The molecule has 1 unspecified atom stereocenters. The van der Waals surface area contributed by atoms with E-state index in [1.54, 1.807) is 0 Å². The van der Waals surface area contributed by atoms with Crippen LogP contribution in [0.15, 0.2) is 4.52 Å². The van der Waals surface area contributed by atoms with Crippen molar-refractivity contribution in [3.63, 3.8) is 0 Å². The highest BCUT2D eigenvalue weighted by Crippen LogP contribution is 2.31. The minimum Gasteiger partial charge on any atom is -0.366 e. The van der Waals surface area contributed by atoms with Crippen LogP contribution in [0, 0.1) is 0 Å². The number of morpholine rings is 1. The fourth-order valence-electron chi connectivity index (χ4n) is 2.63. The maximum Gasteiger partial charge on any atom is 0.257 e. The minimum absolute atomic E-state index is 0. The summed E-state index contributed by atoms with van der Waals surface area (Å²) in [7, 11) is 0. The van der Waals surface area contributed by atoms with Crippen LogP contribution in [0.3, 0.4) is 0 Å². The Morgan fingerprint density at radius 1 is 1.17 bits per heavy atom. The van der Waals surface area contributed by atoms with Gasteiger partial charge in [0, 0.05) is 19.0 Å². The Morgan fingerprint density at radius 3 is 2.72 bits per heavy atom. The maximum absolute atomic E-state index is 5.61. The smallest absolute Gasteiger partial charge is 0.257 e. The third-order valence-corrected chi connectivity index (χ3v) is 3.63. The van der Waals surface area contributed by atoms with Crippen molar-refractivity contribution in [1.82, 2.24) is 15.5 Å². The molecule has 18 heavy (non-hydrogen) atoms. The first-order valence-corrected chi connectivity index (χ1v) is 6.59.